The monoisotopic (exact) mass is 288 g/mol. The predicted octanol–water partition coefficient (Wildman–Crippen LogP) is 4.27. The van der Waals surface area contributed by atoms with Gasteiger partial charge in [-0.15, -0.1) is 0 Å². The van der Waals surface area contributed by atoms with E-state index >= 15 is 0 Å². The van der Waals surface area contributed by atoms with Crippen LogP contribution in [0.25, 0.3) is 22.4 Å². The maximum atomic E-state index is 13.4. The van der Waals surface area contributed by atoms with Crippen LogP contribution in [0.2, 0.25) is 0 Å². The summed E-state index contributed by atoms with van der Waals surface area (Å²) in [6, 6.07) is 8.21. The fourth-order valence-corrected chi connectivity index (χ4v) is 2.48. The third-order valence-corrected chi connectivity index (χ3v) is 3.37. The minimum absolute atomic E-state index is 0.0555. The van der Waals surface area contributed by atoms with Crippen molar-refractivity contribution in [2.45, 2.75) is 19.9 Å². The number of aromatic hydroxyl groups is 1. The Labute approximate surface area is 120 Å². The van der Waals surface area contributed by atoms with Gasteiger partial charge in [-0.05, 0) is 38.1 Å². The molecule has 0 aliphatic heterocycles. The number of hydrogen-bond donors (Lipinski definition) is 1. The van der Waals surface area contributed by atoms with E-state index in [0.717, 1.165) is 11.6 Å². The van der Waals surface area contributed by atoms with Gasteiger partial charge in [0.2, 0.25) is 0 Å². The first-order chi connectivity index (χ1) is 9.97. The van der Waals surface area contributed by atoms with Crippen molar-refractivity contribution >= 4 is 11.0 Å². The van der Waals surface area contributed by atoms with Crippen LogP contribution < -0.4 is 0 Å². The highest BCUT2D eigenvalue weighted by molar-refractivity contribution is 5.82. The Balaban J connectivity index is 2.33. The number of nitrogens with zero attached hydrogens (tertiary/aromatic N) is 2. The number of rotatable bonds is 2. The van der Waals surface area contributed by atoms with Crippen LogP contribution in [0.15, 0.2) is 36.4 Å². The van der Waals surface area contributed by atoms with Gasteiger partial charge in [0.25, 0.3) is 0 Å². The number of imidazole rings is 1. The van der Waals surface area contributed by atoms with Gasteiger partial charge in [-0.25, -0.2) is 13.8 Å². The molecule has 5 heteroatoms. The second kappa shape index (κ2) is 4.84. The molecule has 108 valence electrons. The van der Waals surface area contributed by atoms with Crippen molar-refractivity contribution in [3.63, 3.8) is 0 Å². The SMILES string of the molecule is CC(C)n1c(-c2ccc(F)cc2O)nc2cc(F)ccc21. The number of halogens is 2. The molecule has 21 heavy (non-hydrogen) atoms. The van der Waals surface area contributed by atoms with Crippen LogP contribution in [0, 0.1) is 11.6 Å². The summed E-state index contributed by atoms with van der Waals surface area (Å²) >= 11 is 0. The van der Waals surface area contributed by atoms with E-state index in [-0.39, 0.29) is 17.6 Å². The normalized spacial score (nSPS) is 11.5. The molecule has 0 aliphatic rings. The zero-order valence-corrected chi connectivity index (χ0v) is 11.6. The molecule has 3 nitrogen and oxygen atoms in total. The second-order valence-corrected chi connectivity index (χ2v) is 5.19. The molecule has 0 amide bonds. The van der Waals surface area contributed by atoms with E-state index in [4.69, 9.17) is 0 Å². The summed E-state index contributed by atoms with van der Waals surface area (Å²) in [7, 11) is 0. The van der Waals surface area contributed by atoms with Crippen molar-refractivity contribution < 1.29 is 13.9 Å². The average molecular weight is 288 g/mol. The molecule has 1 heterocycles. The van der Waals surface area contributed by atoms with E-state index in [1.807, 2.05) is 18.4 Å². The Bertz CT molecular complexity index is 825. The number of fused-ring (bicyclic) bond motifs is 1. The summed E-state index contributed by atoms with van der Waals surface area (Å²) in [5.74, 6) is -0.587. The van der Waals surface area contributed by atoms with Crippen LogP contribution >= 0.6 is 0 Å². The number of aromatic nitrogens is 2. The summed E-state index contributed by atoms with van der Waals surface area (Å²) in [4.78, 5) is 4.40. The van der Waals surface area contributed by atoms with Crippen LogP contribution in [0.4, 0.5) is 8.78 Å². The van der Waals surface area contributed by atoms with Crippen LogP contribution in [0.3, 0.4) is 0 Å². The van der Waals surface area contributed by atoms with Crippen molar-refractivity contribution in [2.75, 3.05) is 0 Å². The number of phenols is 1. The average Bonchev–Trinajstić information content (AvgIpc) is 2.76. The van der Waals surface area contributed by atoms with E-state index in [0.29, 0.717) is 16.9 Å². The summed E-state index contributed by atoms with van der Waals surface area (Å²) in [5.41, 5.74) is 1.69. The van der Waals surface area contributed by atoms with Crippen molar-refractivity contribution in [3.8, 4) is 17.1 Å². The van der Waals surface area contributed by atoms with E-state index in [1.54, 1.807) is 6.07 Å². The second-order valence-electron chi connectivity index (χ2n) is 5.19. The molecule has 2 aromatic carbocycles. The van der Waals surface area contributed by atoms with E-state index in [9.17, 15) is 13.9 Å². The van der Waals surface area contributed by atoms with E-state index < -0.39 is 5.82 Å². The maximum Gasteiger partial charge on any atom is 0.145 e. The number of benzene rings is 2. The molecule has 1 N–H and O–H groups in total. The largest absolute Gasteiger partial charge is 0.507 e. The zero-order valence-electron chi connectivity index (χ0n) is 11.6. The van der Waals surface area contributed by atoms with Gasteiger partial charge in [-0.3, -0.25) is 0 Å². The standard InChI is InChI=1S/C16H14F2N2O/c1-9(2)20-14-6-4-10(17)7-13(14)19-16(20)12-5-3-11(18)8-15(12)21/h3-9,21H,1-2H3. The first-order valence-electron chi connectivity index (χ1n) is 6.63. The highest BCUT2D eigenvalue weighted by atomic mass is 19.1. The zero-order chi connectivity index (χ0) is 15.1. The molecule has 0 unspecified atom stereocenters. The van der Waals surface area contributed by atoms with Gasteiger partial charge >= 0.3 is 0 Å². The molecule has 0 saturated heterocycles. The summed E-state index contributed by atoms with van der Waals surface area (Å²) in [6.45, 7) is 3.93. The van der Waals surface area contributed by atoms with Crippen LogP contribution in [0.5, 0.6) is 5.75 Å². The highest BCUT2D eigenvalue weighted by Gasteiger charge is 2.18. The van der Waals surface area contributed by atoms with Gasteiger partial charge in [0, 0.05) is 18.2 Å². The molecule has 0 spiro atoms. The third-order valence-electron chi connectivity index (χ3n) is 3.37. The van der Waals surface area contributed by atoms with E-state index in [2.05, 4.69) is 4.98 Å². The van der Waals surface area contributed by atoms with Crippen molar-refractivity contribution in [2.24, 2.45) is 0 Å². The number of phenolic OH excluding ortho intramolecular Hbond substituents is 1. The van der Waals surface area contributed by atoms with Crippen molar-refractivity contribution in [3.05, 3.63) is 48.0 Å². The summed E-state index contributed by atoms with van der Waals surface area (Å²) in [5, 5.41) is 9.96. The Hall–Kier alpha value is -2.43. The first-order valence-corrected chi connectivity index (χ1v) is 6.63. The third kappa shape index (κ3) is 2.24. The molecule has 0 atom stereocenters. The molecule has 0 bridgehead atoms. The van der Waals surface area contributed by atoms with Crippen LogP contribution in [0.1, 0.15) is 19.9 Å². The summed E-state index contributed by atoms with van der Waals surface area (Å²) in [6.07, 6.45) is 0. The van der Waals surface area contributed by atoms with Gasteiger partial charge in [-0.1, -0.05) is 0 Å². The molecule has 0 saturated carbocycles. The van der Waals surface area contributed by atoms with Crippen LogP contribution in [-0.2, 0) is 0 Å². The molecule has 0 aliphatic carbocycles. The summed E-state index contributed by atoms with van der Waals surface area (Å²) < 4.78 is 28.4. The smallest absolute Gasteiger partial charge is 0.145 e. The van der Waals surface area contributed by atoms with E-state index in [1.165, 1.54) is 24.3 Å². The van der Waals surface area contributed by atoms with Gasteiger partial charge in [0.05, 0.1) is 16.6 Å². The fraction of sp³-hybridized carbons (Fsp3) is 0.188. The van der Waals surface area contributed by atoms with Crippen LogP contribution in [-0.4, -0.2) is 14.7 Å². The highest BCUT2D eigenvalue weighted by Crippen LogP contribution is 2.33. The van der Waals surface area contributed by atoms with Gasteiger partial charge < -0.3 is 9.67 Å². The van der Waals surface area contributed by atoms with Gasteiger partial charge in [0.15, 0.2) is 0 Å². The lowest BCUT2D eigenvalue weighted by molar-refractivity contribution is 0.470. The minimum Gasteiger partial charge on any atom is -0.507 e. The Morgan fingerprint density at radius 2 is 1.71 bits per heavy atom. The molecule has 3 aromatic rings. The Morgan fingerprint density at radius 3 is 2.38 bits per heavy atom. The van der Waals surface area contributed by atoms with Crippen molar-refractivity contribution in [1.29, 1.82) is 0 Å². The van der Waals surface area contributed by atoms with Gasteiger partial charge in [0.1, 0.15) is 23.2 Å². The molecular weight excluding hydrogens is 274 g/mol. The fourth-order valence-electron chi connectivity index (χ4n) is 2.48. The lowest BCUT2D eigenvalue weighted by atomic mass is 10.1. The lowest BCUT2D eigenvalue weighted by Crippen LogP contribution is -2.03. The Morgan fingerprint density at radius 1 is 1.05 bits per heavy atom. The Kier molecular flexibility index (Phi) is 3.12. The first kappa shape index (κ1) is 13.5. The number of hydrogen-bond acceptors (Lipinski definition) is 2. The van der Waals surface area contributed by atoms with Crippen molar-refractivity contribution in [1.82, 2.24) is 9.55 Å². The molecule has 0 radical (unpaired) electrons. The minimum atomic E-state index is -0.519. The molecule has 3 rings (SSSR count). The lowest BCUT2D eigenvalue weighted by Gasteiger charge is -2.13. The molecule has 1 aromatic heterocycles. The maximum absolute atomic E-state index is 13.4. The van der Waals surface area contributed by atoms with Gasteiger partial charge in [-0.2, -0.15) is 0 Å². The molecular formula is C16H14F2N2O. The molecule has 0 fully saturated rings. The predicted molar refractivity (Wildman–Crippen MR) is 77.1 cm³/mol. The quantitative estimate of drug-likeness (QED) is 0.764. The topological polar surface area (TPSA) is 38.0 Å².